The van der Waals surface area contributed by atoms with Crippen molar-refractivity contribution < 1.29 is 35.1 Å². The summed E-state index contributed by atoms with van der Waals surface area (Å²) in [5, 5.41) is 52.3. The molecule has 4 rings (SSSR count). The lowest BCUT2D eigenvalue weighted by molar-refractivity contribution is -0.332. The summed E-state index contributed by atoms with van der Waals surface area (Å²) in [6, 6.07) is 17.0. The van der Waals surface area contributed by atoms with Gasteiger partial charge in [-0.15, -0.1) is 0 Å². The van der Waals surface area contributed by atoms with Crippen molar-refractivity contribution in [1.82, 2.24) is 4.98 Å². The van der Waals surface area contributed by atoms with E-state index in [-0.39, 0.29) is 11.7 Å². The van der Waals surface area contributed by atoms with Crippen LogP contribution in [-0.4, -0.2) is 67.1 Å². The van der Waals surface area contributed by atoms with Crippen LogP contribution in [0.25, 0.3) is 11.1 Å². The maximum absolute atomic E-state index is 12.5. The predicted octanol–water partition coefficient (Wildman–Crippen LogP) is 0.773. The highest BCUT2D eigenvalue weighted by Crippen LogP contribution is 2.42. The van der Waals surface area contributed by atoms with Gasteiger partial charge in [-0.05, 0) is 47.5 Å². The largest absolute Gasteiger partial charge is 0.462 e. The zero-order valence-electron chi connectivity index (χ0n) is 17.4. The van der Waals surface area contributed by atoms with Gasteiger partial charge >= 0.3 is 0 Å². The Balaban J connectivity index is 1.45. The first-order chi connectivity index (χ1) is 15.8. The van der Waals surface area contributed by atoms with Gasteiger partial charge in [0, 0.05) is 17.7 Å². The summed E-state index contributed by atoms with van der Waals surface area (Å²) < 4.78 is 5.34. The lowest BCUT2D eigenvalue weighted by atomic mass is 9.64. The fraction of sp³-hybridized carbons (Fsp3) is 0.250. The number of anilines is 1. The third-order valence-electron chi connectivity index (χ3n) is 5.88. The first-order valence-electron chi connectivity index (χ1n) is 10.3. The van der Waals surface area contributed by atoms with Gasteiger partial charge in [0.15, 0.2) is 5.60 Å². The second-order valence-electron chi connectivity index (χ2n) is 7.88. The molecule has 0 spiro atoms. The lowest BCUT2D eigenvalue weighted by Crippen LogP contribution is -2.76. The van der Waals surface area contributed by atoms with Crippen LogP contribution in [-0.2, 0) is 0 Å². The number of rotatable bonds is 7. The SMILES string of the molecule is O=C(Nc1cccnc1)c1cccc(-c2ccc(OC(O)C3(O)C(O)C(O)C3CO)cc2)c1. The molecular formula is C24H24N2O7. The Kier molecular flexibility index (Phi) is 6.41. The van der Waals surface area contributed by atoms with Gasteiger partial charge in [-0.2, -0.15) is 0 Å². The molecule has 1 fully saturated rings. The van der Waals surface area contributed by atoms with Crippen molar-refractivity contribution in [2.75, 3.05) is 11.9 Å². The normalized spacial score (nSPS) is 25.1. The second-order valence-corrected chi connectivity index (χ2v) is 7.88. The van der Waals surface area contributed by atoms with E-state index in [4.69, 9.17) is 4.74 Å². The average molecular weight is 452 g/mol. The molecule has 0 radical (unpaired) electrons. The molecule has 1 saturated carbocycles. The molecule has 172 valence electrons. The van der Waals surface area contributed by atoms with E-state index >= 15 is 0 Å². The van der Waals surface area contributed by atoms with Crippen molar-refractivity contribution in [2.24, 2.45) is 5.92 Å². The Morgan fingerprint density at radius 2 is 1.85 bits per heavy atom. The maximum atomic E-state index is 12.5. The number of nitrogens with one attached hydrogen (secondary N) is 1. The zero-order chi connectivity index (χ0) is 23.6. The van der Waals surface area contributed by atoms with Crippen LogP contribution < -0.4 is 10.1 Å². The Hall–Kier alpha value is -3.34. The van der Waals surface area contributed by atoms with Gasteiger partial charge in [0.05, 0.1) is 24.6 Å². The fourth-order valence-corrected chi connectivity index (χ4v) is 3.88. The summed E-state index contributed by atoms with van der Waals surface area (Å²) in [7, 11) is 0. The minimum atomic E-state index is -2.19. The van der Waals surface area contributed by atoms with Crippen molar-refractivity contribution in [2.45, 2.75) is 24.1 Å². The zero-order valence-corrected chi connectivity index (χ0v) is 17.4. The van der Waals surface area contributed by atoms with Gasteiger partial charge in [0.1, 0.15) is 11.9 Å². The van der Waals surface area contributed by atoms with E-state index in [1.807, 2.05) is 6.07 Å². The summed E-state index contributed by atoms with van der Waals surface area (Å²) in [5.74, 6) is -1.21. The number of carbonyl (C=O) groups is 1. The van der Waals surface area contributed by atoms with Crippen molar-refractivity contribution in [3.05, 3.63) is 78.6 Å². The molecule has 2 aromatic carbocycles. The van der Waals surface area contributed by atoms with Crippen LogP contribution in [0, 0.1) is 5.92 Å². The van der Waals surface area contributed by atoms with Crippen LogP contribution in [0.2, 0.25) is 0 Å². The molecule has 1 aliphatic carbocycles. The molecule has 1 aromatic heterocycles. The van der Waals surface area contributed by atoms with E-state index in [2.05, 4.69) is 10.3 Å². The van der Waals surface area contributed by atoms with E-state index in [9.17, 15) is 30.3 Å². The smallest absolute Gasteiger partial charge is 0.255 e. The Morgan fingerprint density at radius 3 is 2.52 bits per heavy atom. The van der Waals surface area contributed by atoms with Crippen LogP contribution >= 0.6 is 0 Å². The summed E-state index contributed by atoms with van der Waals surface area (Å²) in [4.78, 5) is 16.5. The number of aliphatic hydroxyl groups is 5. The number of amides is 1. The van der Waals surface area contributed by atoms with Crippen molar-refractivity contribution in [3.8, 4) is 16.9 Å². The van der Waals surface area contributed by atoms with Gasteiger partial charge in [-0.1, -0.05) is 24.3 Å². The van der Waals surface area contributed by atoms with E-state index < -0.39 is 36.6 Å². The summed E-state index contributed by atoms with van der Waals surface area (Å²) in [6.45, 7) is -0.626. The van der Waals surface area contributed by atoms with Crippen LogP contribution in [0.15, 0.2) is 73.1 Å². The number of nitrogens with zero attached hydrogens (tertiary/aromatic N) is 1. The van der Waals surface area contributed by atoms with E-state index in [0.717, 1.165) is 11.1 Å². The molecule has 9 nitrogen and oxygen atoms in total. The second kappa shape index (κ2) is 9.26. The van der Waals surface area contributed by atoms with Gasteiger partial charge in [-0.25, -0.2) is 0 Å². The van der Waals surface area contributed by atoms with Gasteiger partial charge in [0.2, 0.25) is 6.29 Å². The highest BCUT2D eigenvalue weighted by atomic mass is 16.6. The molecular weight excluding hydrogens is 428 g/mol. The lowest BCUT2D eigenvalue weighted by Gasteiger charge is -2.53. The predicted molar refractivity (Wildman–Crippen MR) is 118 cm³/mol. The molecule has 9 heteroatoms. The molecule has 1 amide bonds. The first-order valence-corrected chi connectivity index (χ1v) is 10.3. The molecule has 0 saturated heterocycles. The molecule has 1 aliphatic rings. The minimum Gasteiger partial charge on any atom is -0.462 e. The Labute approximate surface area is 189 Å². The van der Waals surface area contributed by atoms with Gasteiger partial charge in [0.25, 0.3) is 5.91 Å². The third kappa shape index (κ3) is 4.32. The minimum absolute atomic E-state index is 0.204. The maximum Gasteiger partial charge on any atom is 0.255 e. The number of hydrogen-bond donors (Lipinski definition) is 6. The molecule has 5 atom stereocenters. The monoisotopic (exact) mass is 452 g/mol. The van der Waals surface area contributed by atoms with Crippen LogP contribution in [0.5, 0.6) is 5.75 Å². The van der Waals surface area contributed by atoms with Gasteiger partial charge in [-0.3, -0.25) is 9.78 Å². The molecule has 33 heavy (non-hydrogen) atoms. The first kappa shape index (κ1) is 22.8. The third-order valence-corrected chi connectivity index (χ3v) is 5.88. The Bertz CT molecular complexity index is 1110. The van der Waals surface area contributed by atoms with Crippen molar-refractivity contribution in [3.63, 3.8) is 0 Å². The quantitative estimate of drug-likeness (QED) is 0.288. The summed E-state index contributed by atoms with van der Waals surface area (Å²) in [5.41, 5.74) is 0.406. The number of ether oxygens (including phenoxy) is 1. The van der Waals surface area contributed by atoms with E-state index in [1.54, 1.807) is 67.0 Å². The number of hydrogen-bond acceptors (Lipinski definition) is 8. The van der Waals surface area contributed by atoms with Crippen LogP contribution in [0.1, 0.15) is 10.4 Å². The molecule has 0 aliphatic heterocycles. The molecule has 1 heterocycles. The summed E-state index contributed by atoms with van der Waals surface area (Å²) >= 11 is 0. The number of aliphatic hydroxyl groups excluding tert-OH is 4. The number of aromatic nitrogens is 1. The molecule has 5 unspecified atom stereocenters. The molecule has 6 N–H and O–H groups in total. The fourth-order valence-electron chi connectivity index (χ4n) is 3.88. The summed E-state index contributed by atoms with van der Waals surface area (Å²) in [6.07, 6.45) is -1.70. The highest BCUT2D eigenvalue weighted by Gasteiger charge is 2.65. The Morgan fingerprint density at radius 1 is 1.09 bits per heavy atom. The van der Waals surface area contributed by atoms with E-state index in [1.165, 1.54) is 0 Å². The average Bonchev–Trinajstić information content (AvgIpc) is 2.85. The molecule has 3 aromatic rings. The van der Waals surface area contributed by atoms with Crippen LogP contribution in [0.4, 0.5) is 5.69 Å². The van der Waals surface area contributed by atoms with Crippen molar-refractivity contribution in [1.29, 1.82) is 0 Å². The van der Waals surface area contributed by atoms with Crippen LogP contribution in [0.3, 0.4) is 0 Å². The number of pyridine rings is 1. The molecule has 0 bridgehead atoms. The topological polar surface area (TPSA) is 152 Å². The van der Waals surface area contributed by atoms with Crippen molar-refractivity contribution >= 4 is 11.6 Å². The van der Waals surface area contributed by atoms with Gasteiger partial charge < -0.3 is 35.6 Å². The number of benzene rings is 2. The highest BCUT2D eigenvalue weighted by molar-refractivity contribution is 6.04. The van der Waals surface area contributed by atoms with E-state index in [0.29, 0.717) is 11.3 Å². The number of carbonyl (C=O) groups excluding carboxylic acids is 1. The standard InChI is InChI=1S/C24H24N2O7/c27-13-19-20(28)21(29)24(19,32)23(31)33-18-8-6-14(7-9-18)15-3-1-4-16(11-15)22(30)26-17-5-2-10-25-12-17/h1-12,19-21,23,27-29,31-32H,13H2,(H,26,30).